The maximum Gasteiger partial charge on any atom is 0.232 e. The number of carbonyl (C=O) groups excluding carboxylic acids is 2. The summed E-state index contributed by atoms with van der Waals surface area (Å²) in [6.45, 7) is 0. The Hall–Kier alpha value is -3.14. The second-order valence-electron chi connectivity index (χ2n) is 5.26. The zero-order valence-electron chi connectivity index (χ0n) is 13.4. The van der Waals surface area contributed by atoms with Crippen LogP contribution in [-0.4, -0.2) is 25.8 Å². The Balaban J connectivity index is 2.03. The van der Waals surface area contributed by atoms with Crippen LogP contribution in [-0.2, 0) is 19.1 Å². The Morgan fingerprint density at radius 3 is 1.88 bits per heavy atom. The third-order valence-corrected chi connectivity index (χ3v) is 3.87. The lowest BCUT2D eigenvalue weighted by atomic mass is 9.92. The molecule has 2 aromatic carbocycles. The fourth-order valence-corrected chi connectivity index (χ4v) is 2.68. The molecule has 4 heteroatoms. The van der Waals surface area contributed by atoms with Crippen LogP contribution in [0.1, 0.15) is 5.56 Å². The molecule has 0 radical (unpaired) electrons. The molecule has 0 amide bonds. The average molecular weight is 320 g/mol. The van der Waals surface area contributed by atoms with Crippen molar-refractivity contribution in [1.29, 1.82) is 0 Å². The van der Waals surface area contributed by atoms with Crippen LogP contribution >= 0.6 is 0 Å². The number of rotatable bonds is 4. The van der Waals surface area contributed by atoms with Gasteiger partial charge < -0.3 is 9.47 Å². The Labute approximate surface area is 140 Å². The van der Waals surface area contributed by atoms with Crippen molar-refractivity contribution in [3.05, 3.63) is 77.8 Å². The van der Waals surface area contributed by atoms with Crippen molar-refractivity contribution in [2.45, 2.75) is 0 Å². The first-order chi connectivity index (χ1) is 11.7. The van der Waals surface area contributed by atoms with Crippen LogP contribution < -0.4 is 0 Å². The number of hydrogen-bond acceptors (Lipinski definition) is 4. The van der Waals surface area contributed by atoms with E-state index in [9.17, 15) is 9.59 Å². The van der Waals surface area contributed by atoms with Gasteiger partial charge in [0, 0.05) is 6.08 Å². The minimum absolute atomic E-state index is 0.0166. The number of hydrogen-bond donors (Lipinski definition) is 0. The molecule has 0 N–H and O–H groups in total. The number of carbonyl (C=O) groups is 2. The van der Waals surface area contributed by atoms with E-state index in [1.54, 1.807) is 12.1 Å². The molecule has 2 aromatic rings. The van der Waals surface area contributed by atoms with Crippen LogP contribution in [0, 0.1) is 0 Å². The average Bonchev–Trinajstić information content (AvgIpc) is 2.64. The minimum Gasteiger partial charge on any atom is -0.492 e. The first kappa shape index (κ1) is 15.7. The van der Waals surface area contributed by atoms with Gasteiger partial charge in [0.25, 0.3) is 0 Å². The number of ether oxygens (including phenoxy) is 2. The van der Waals surface area contributed by atoms with Gasteiger partial charge in [0.2, 0.25) is 11.6 Å². The summed E-state index contributed by atoms with van der Waals surface area (Å²) in [5, 5.41) is 0. The molecule has 1 aliphatic rings. The van der Waals surface area contributed by atoms with Crippen LogP contribution in [0.3, 0.4) is 0 Å². The molecule has 0 atom stereocenters. The number of methoxy groups -OCH3 is 2. The van der Waals surface area contributed by atoms with Gasteiger partial charge in [-0.25, -0.2) is 0 Å². The SMILES string of the molecule is COC1=CC(=O)C(OC)=C(c2ccc(-c3ccccc3)cc2)C1=O. The Bertz CT molecular complexity index is 843. The van der Waals surface area contributed by atoms with E-state index in [0.29, 0.717) is 5.56 Å². The van der Waals surface area contributed by atoms with Gasteiger partial charge in [0.05, 0.1) is 19.8 Å². The van der Waals surface area contributed by atoms with E-state index in [0.717, 1.165) is 17.2 Å². The van der Waals surface area contributed by atoms with Crippen LogP contribution in [0.25, 0.3) is 16.7 Å². The molecule has 0 saturated carbocycles. The summed E-state index contributed by atoms with van der Waals surface area (Å²) in [4.78, 5) is 24.7. The molecule has 0 heterocycles. The van der Waals surface area contributed by atoms with Crippen molar-refractivity contribution in [2.24, 2.45) is 0 Å². The maximum absolute atomic E-state index is 12.5. The highest BCUT2D eigenvalue weighted by atomic mass is 16.5. The molecule has 0 aromatic heterocycles. The highest BCUT2D eigenvalue weighted by Crippen LogP contribution is 2.30. The smallest absolute Gasteiger partial charge is 0.232 e. The van der Waals surface area contributed by atoms with Crippen molar-refractivity contribution < 1.29 is 19.1 Å². The monoisotopic (exact) mass is 320 g/mol. The van der Waals surface area contributed by atoms with Crippen molar-refractivity contribution in [2.75, 3.05) is 14.2 Å². The lowest BCUT2D eigenvalue weighted by molar-refractivity contribution is -0.118. The predicted octanol–water partition coefficient (Wildman–Crippen LogP) is 3.39. The fraction of sp³-hybridized carbons (Fsp3) is 0.100. The standard InChI is InChI=1S/C20H16O4/c1-23-17-12-16(21)20(24-2)18(19(17)22)15-10-8-14(9-11-15)13-6-4-3-5-7-13/h3-12H,1-2H3. The Morgan fingerprint density at radius 1 is 0.708 bits per heavy atom. The van der Waals surface area contributed by atoms with E-state index in [1.807, 2.05) is 42.5 Å². The van der Waals surface area contributed by atoms with E-state index in [4.69, 9.17) is 9.47 Å². The molecular weight excluding hydrogens is 304 g/mol. The highest BCUT2D eigenvalue weighted by molar-refractivity contribution is 6.36. The fourth-order valence-electron chi connectivity index (χ4n) is 2.68. The van der Waals surface area contributed by atoms with E-state index in [1.165, 1.54) is 14.2 Å². The molecule has 0 unspecified atom stereocenters. The lowest BCUT2D eigenvalue weighted by Gasteiger charge is -2.17. The maximum atomic E-state index is 12.5. The van der Waals surface area contributed by atoms with Gasteiger partial charge >= 0.3 is 0 Å². The Kier molecular flexibility index (Phi) is 4.29. The summed E-state index contributed by atoms with van der Waals surface area (Å²) >= 11 is 0. The quantitative estimate of drug-likeness (QED) is 0.810. The van der Waals surface area contributed by atoms with Gasteiger partial charge in [-0.1, -0.05) is 54.6 Å². The minimum atomic E-state index is -0.379. The number of allylic oxidation sites excluding steroid dienone is 2. The predicted molar refractivity (Wildman–Crippen MR) is 90.9 cm³/mol. The molecule has 4 nitrogen and oxygen atoms in total. The third kappa shape index (κ3) is 2.74. The second-order valence-corrected chi connectivity index (χ2v) is 5.26. The lowest BCUT2D eigenvalue weighted by Crippen LogP contribution is -2.20. The summed E-state index contributed by atoms with van der Waals surface area (Å²) in [6, 6.07) is 17.3. The molecule has 0 fully saturated rings. The first-order valence-electron chi connectivity index (χ1n) is 7.44. The second kappa shape index (κ2) is 6.54. The topological polar surface area (TPSA) is 52.6 Å². The summed E-state index contributed by atoms with van der Waals surface area (Å²) in [5.74, 6) is -0.686. The summed E-state index contributed by atoms with van der Waals surface area (Å²) in [5.41, 5.74) is 2.94. The van der Waals surface area contributed by atoms with E-state index in [2.05, 4.69) is 0 Å². The van der Waals surface area contributed by atoms with Gasteiger partial charge in [-0.2, -0.15) is 0 Å². The highest BCUT2D eigenvalue weighted by Gasteiger charge is 2.31. The largest absolute Gasteiger partial charge is 0.492 e. The van der Waals surface area contributed by atoms with E-state index >= 15 is 0 Å². The van der Waals surface area contributed by atoms with Crippen LogP contribution in [0.5, 0.6) is 0 Å². The molecule has 120 valence electrons. The molecule has 0 aliphatic heterocycles. The first-order valence-corrected chi connectivity index (χ1v) is 7.44. The van der Waals surface area contributed by atoms with Gasteiger partial charge in [-0.15, -0.1) is 0 Å². The van der Waals surface area contributed by atoms with Crippen molar-refractivity contribution >= 4 is 17.1 Å². The third-order valence-electron chi connectivity index (χ3n) is 3.87. The molecule has 24 heavy (non-hydrogen) atoms. The summed E-state index contributed by atoms with van der Waals surface area (Å²) in [6.07, 6.45) is 1.16. The van der Waals surface area contributed by atoms with Gasteiger partial charge in [-0.05, 0) is 16.7 Å². The summed E-state index contributed by atoms with van der Waals surface area (Å²) in [7, 11) is 2.75. The zero-order chi connectivity index (χ0) is 17.1. The van der Waals surface area contributed by atoms with Crippen molar-refractivity contribution in [3.8, 4) is 11.1 Å². The Morgan fingerprint density at radius 2 is 1.29 bits per heavy atom. The molecule has 3 rings (SSSR count). The van der Waals surface area contributed by atoms with Gasteiger partial charge in [0.1, 0.15) is 0 Å². The van der Waals surface area contributed by atoms with Crippen molar-refractivity contribution in [3.63, 3.8) is 0 Å². The van der Waals surface area contributed by atoms with Crippen LogP contribution in [0.2, 0.25) is 0 Å². The van der Waals surface area contributed by atoms with Gasteiger partial charge in [0.15, 0.2) is 11.5 Å². The molecular formula is C20H16O4. The van der Waals surface area contributed by atoms with Crippen LogP contribution in [0.15, 0.2) is 72.2 Å². The number of Topliss-reactive ketones (excluding diaryl/α,β-unsaturated/α-hetero) is 1. The molecule has 0 saturated heterocycles. The molecule has 0 spiro atoms. The molecule has 0 bridgehead atoms. The van der Waals surface area contributed by atoms with E-state index < -0.39 is 0 Å². The molecule has 1 aliphatic carbocycles. The summed E-state index contributed by atoms with van der Waals surface area (Å²) < 4.78 is 10.2. The number of ketones is 2. The van der Waals surface area contributed by atoms with Crippen LogP contribution in [0.4, 0.5) is 0 Å². The van der Waals surface area contributed by atoms with Gasteiger partial charge in [-0.3, -0.25) is 9.59 Å². The van der Waals surface area contributed by atoms with Crippen molar-refractivity contribution in [1.82, 2.24) is 0 Å². The number of benzene rings is 2. The van der Waals surface area contributed by atoms with E-state index in [-0.39, 0.29) is 28.7 Å². The zero-order valence-corrected chi connectivity index (χ0v) is 13.4. The normalized spacial score (nSPS) is 14.5.